The van der Waals surface area contributed by atoms with E-state index in [-0.39, 0.29) is 5.54 Å². The molecule has 0 bridgehead atoms. The second kappa shape index (κ2) is 3.13. The van der Waals surface area contributed by atoms with E-state index in [2.05, 4.69) is 9.88 Å². The summed E-state index contributed by atoms with van der Waals surface area (Å²) in [6.45, 7) is 3.78. The lowest BCUT2D eigenvalue weighted by Crippen LogP contribution is -2.65. The number of nitrogens with two attached hydrogens (primary N) is 1. The van der Waals surface area contributed by atoms with Gasteiger partial charge in [0.1, 0.15) is 11.6 Å². The maximum absolute atomic E-state index is 5.91. The fraction of sp³-hybridized carbons (Fsp3) is 0.500. The second-order valence-electron chi connectivity index (χ2n) is 4.07. The first kappa shape index (κ1) is 9.27. The summed E-state index contributed by atoms with van der Waals surface area (Å²) in [5, 5.41) is 0. The third-order valence-electron chi connectivity index (χ3n) is 2.38. The van der Waals surface area contributed by atoms with Crippen LogP contribution < -0.4 is 15.4 Å². The van der Waals surface area contributed by atoms with Crippen molar-refractivity contribution in [2.45, 2.75) is 12.5 Å². The maximum atomic E-state index is 5.91. The molecule has 0 amide bonds. The van der Waals surface area contributed by atoms with Crippen LogP contribution in [0.2, 0.25) is 0 Å². The Morgan fingerprint density at radius 1 is 1.50 bits per heavy atom. The zero-order valence-corrected chi connectivity index (χ0v) is 8.53. The van der Waals surface area contributed by atoms with E-state index in [9.17, 15) is 0 Å². The number of nitrogens with zero attached hydrogens (tertiary/aromatic N) is 2. The number of ether oxygens (including phenoxy) is 1. The van der Waals surface area contributed by atoms with Crippen molar-refractivity contribution >= 4 is 5.82 Å². The Labute approximate surface area is 83.7 Å². The fourth-order valence-corrected chi connectivity index (χ4v) is 1.67. The lowest BCUT2D eigenvalue weighted by atomic mass is 9.94. The van der Waals surface area contributed by atoms with Gasteiger partial charge in [-0.15, -0.1) is 0 Å². The molecule has 2 N–H and O–H groups in total. The predicted molar refractivity (Wildman–Crippen MR) is 55.6 cm³/mol. The molecule has 0 aromatic carbocycles. The second-order valence-corrected chi connectivity index (χ2v) is 4.07. The van der Waals surface area contributed by atoms with Crippen LogP contribution in [0.5, 0.6) is 5.75 Å². The van der Waals surface area contributed by atoms with Crippen LogP contribution in [0, 0.1) is 0 Å². The van der Waals surface area contributed by atoms with Gasteiger partial charge in [-0.2, -0.15) is 0 Å². The normalized spacial score (nSPS) is 18.9. The first-order valence-electron chi connectivity index (χ1n) is 4.65. The van der Waals surface area contributed by atoms with E-state index in [1.165, 1.54) is 0 Å². The quantitative estimate of drug-likeness (QED) is 0.748. The molecule has 0 unspecified atom stereocenters. The average Bonchev–Trinajstić information content (AvgIpc) is 2.14. The van der Waals surface area contributed by atoms with Gasteiger partial charge < -0.3 is 15.4 Å². The summed E-state index contributed by atoms with van der Waals surface area (Å²) in [6.07, 6.45) is 1.72. The number of aromatic nitrogens is 1. The smallest absolute Gasteiger partial charge is 0.137 e. The average molecular weight is 193 g/mol. The van der Waals surface area contributed by atoms with E-state index in [1.54, 1.807) is 13.3 Å². The Kier molecular flexibility index (Phi) is 2.07. The zero-order valence-electron chi connectivity index (χ0n) is 8.53. The van der Waals surface area contributed by atoms with Crippen LogP contribution in [-0.2, 0) is 0 Å². The van der Waals surface area contributed by atoms with Crippen molar-refractivity contribution in [2.24, 2.45) is 5.73 Å². The minimum absolute atomic E-state index is 0.0540. The minimum atomic E-state index is -0.0540. The van der Waals surface area contributed by atoms with Gasteiger partial charge in [0.05, 0.1) is 13.3 Å². The van der Waals surface area contributed by atoms with Crippen LogP contribution in [0.4, 0.5) is 5.82 Å². The van der Waals surface area contributed by atoms with E-state index in [4.69, 9.17) is 10.5 Å². The number of methoxy groups -OCH3 is 1. The van der Waals surface area contributed by atoms with Crippen molar-refractivity contribution in [3.8, 4) is 5.75 Å². The summed E-state index contributed by atoms with van der Waals surface area (Å²) in [7, 11) is 1.64. The molecule has 1 aromatic rings. The van der Waals surface area contributed by atoms with Gasteiger partial charge in [-0.25, -0.2) is 4.98 Å². The Balaban J connectivity index is 2.05. The van der Waals surface area contributed by atoms with Crippen LogP contribution in [0.3, 0.4) is 0 Å². The Morgan fingerprint density at radius 3 is 2.64 bits per heavy atom. The first-order chi connectivity index (χ1) is 6.61. The van der Waals surface area contributed by atoms with Crippen LogP contribution in [0.25, 0.3) is 0 Å². The van der Waals surface area contributed by atoms with Gasteiger partial charge in [-0.3, -0.25) is 0 Å². The van der Waals surface area contributed by atoms with Crippen molar-refractivity contribution in [3.05, 3.63) is 18.3 Å². The molecule has 4 heteroatoms. The summed E-state index contributed by atoms with van der Waals surface area (Å²) in [5.74, 6) is 1.75. The van der Waals surface area contributed by atoms with Gasteiger partial charge >= 0.3 is 0 Å². The number of anilines is 1. The molecule has 4 nitrogen and oxygen atoms in total. The van der Waals surface area contributed by atoms with E-state index >= 15 is 0 Å². The van der Waals surface area contributed by atoms with Gasteiger partial charge in [-0.05, 0) is 19.1 Å². The number of hydrogen-bond acceptors (Lipinski definition) is 4. The van der Waals surface area contributed by atoms with Gasteiger partial charge in [-0.1, -0.05) is 0 Å². The molecular weight excluding hydrogens is 178 g/mol. The highest BCUT2D eigenvalue weighted by Crippen LogP contribution is 2.24. The maximum Gasteiger partial charge on any atom is 0.137 e. The standard InChI is InChI=1S/C10H15N3O/c1-10(11)6-13(7-10)9-4-3-8(14-2)5-12-9/h3-5H,6-7,11H2,1-2H3. The van der Waals surface area contributed by atoms with Crippen LogP contribution in [0.15, 0.2) is 18.3 Å². The summed E-state index contributed by atoms with van der Waals surface area (Å²) < 4.78 is 5.04. The Bertz CT molecular complexity index is 313. The molecule has 1 aliphatic rings. The molecule has 1 fully saturated rings. The third-order valence-corrected chi connectivity index (χ3v) is 2.38. The molecule has 0 radical (unpaired) electrons. The van der Waals surface area contributed by atoms with Crippen LogP contribution in [-0.4, -0.2) is 30.7 Å². The molecule has 0 saturated carbocycles. The first-order valence-corrected chi connectivity index (χ1v) is 4.65. The number of rotatable bonds is 2. The largest absolute Gasteiger partial charge is 0.495 e. The van der Waals surface area contributed by atoms with Crippen LogP contribution >= 0.6 is 0 Å². The van der Waals surface area contributed by atoms with E-state index < -0.39 is 0 Å². The summed E-state index contributed by atoms with van der Waals surface area (Å²) in [4.78, 5) is 6.43. The molecule has 1 aliphatic heterocycles. The van der Waals surface area contributed by atoms with E-state index in [0.717, 1.165) is 24.7 Å². The molecule has 1 saturated heterocycles. The minimum Gasteiger partial charge on any atom is -0.495 e. The predicted octanol–water partition coefficient (Wildman–Crippen LogP) is 0.628. The summed E-state index contributed by atoms with van der Waals surface area (Å²) >= 11 is 0. The van der Waals surface area contributed by atoms with Crippen LogP contribution in [0.1, 0.15) is 6.92 Å². The highest BCUT2D eigenvalue weighted by atomic mass is 16.5. The van der Waals surface area contributed by atoms with Crippen molar-refractivity contribution in [1.82, 2.24) is 4.98 Å². The highest BCUT2D eigenvalue weighted by molar-refractivity contribution is 5.45. The lowest BCUT2D eigenvalue weighted by molar-refractivity contribution is 0.362. The third kappa shape index (κ3) is 1.65. The molecule has 0 spiro atoms. The molecule has 2 heterocycles. The Morgan fingerprint density at radius 2 is 2.21 bits per heavy atom. The monoisotopic (exact) mass is 193 g/mol. The molecule has 14 heavy (non-hydrogen) atoms. The van der Waals surface area contributed by atoms with Gasteiger partial charge in [0.15, 0.2) is 0 Å². The summed E-state index contributed by atoms with van der Waals surface area (Å²) in [5.41, 5.74) is 5.86. The molecular formula is C10H15N3O. The van der Waals surface area contributed by atoms with E-state index in [0.29, 0.717) is 0 Å². The SMILES string of the molecule is COc1ccc(N2CC(C)(N)C2)nc1. The molecule has 2 rings (SSSR count). The van der Waals surface area contributed by atoms with Gasteiger partial charge in [0.2, 0.25) is 0 Å². The van der Waals surface area contributed by atoms with Gasteiger partial charge in [0, 0.05) is 18.6 Å². The number of pyridine rings is 1. The molecule has 76 valence electrons. The lowest BCUT2D eigenvalue weighted by Gasteiger charge is -2.46. The highest BCUT2D eigenvalue weighted by Gasteiger charge is 2.35. The van der Waals surface area contributed by atoms with Crippen molar-refractivity contribution in [2.75, 3.05) is 25.1 Å². The van der Waals surface area contributed by atoms with E-state index in [1.807, 2.05) is 19.1 Å². The fourth-order valence-electron chi connectivity index (χ4n) is 1.67. The molecule has 0 atom stereocenters. The van der Waals surface area contributed by atoms with Crippen molar-refractivity contribution in [1.29, 1.82) is 0 Å². The van der Waals surface area contributed by atoms with Crippen molar-refractivity contribution in [3.63, 3.8) is 0 Å². The molecule has 1 aromatic heterocycles. The van der Waals surface area contributed by atoms with Gasteiger partial charge in [0.25, 0.3) is 0 Å². The van der Waals surface area contributed by atoms with Crippen molar-refractivity contribution < 1.29 is 4.74 Å². The molecule has 0 aliphatic carbocycles. The summed E-state index contributed by atoms with van der Waals surface area (Å²) in [6, 6.07) is 3.86. The Hall–Kier alpha value is -1.29. The topological polar surface area (TPSA) is 51.4 Å². The zero-order chi connectivity index (χ0) is 10.2. The number of hydrogen-bond donors (Lipinski definition) is 1.